The molecule has 138 valence electrons. The molecule has 0 atom stereocenters. The number of nitrogens with zero attached hydrogens (tertiary/aromatic N) is 1. The van der Waals surface area contributed by atoms with Gasteiger partial charge in [0, 0.05) is 24.3 Å². The van der Waals surface area contributed by atoms with Crippen molar-refractivity contribution in [2.75, 3.05) is 32.5 Å². The molecule has 0 radical (unpaired) electrons. The van der Waals surface area contributed by atoms with E-state index < -0.39 is 23.5 Å². The number of alkyl halides is 6. The van der Waals surface area contributed by atoms with Crippen molar-refractivity contribution in [3.8, 4) is 0 Å². The second-order valence-electron chi connectivity index (χ2n) is 5.92. The van der Waals surface area contributed by atoms with Gasteiger partial charge in [-0.15, -0.1) is 0 Å². The quantitative estimate of drug-likeness (QED) is 0.790. The molecule has 1 aromatic rings. The summed E-state index contributed by atoms with van der Waals surface area (Å²) in [5, 5.41) is 12.5. The summed E-state index contributed by atoms with van der Waals surface area (Å²) in [5.74, 6) is 0. The Kier molecular flexibility index (Phi) is 5.82. The van der Waals surface area contributed by atoms with Crippen LogP contribution in [-0.2, 0) is 5.60 Å². The van der Waals surface area contributed by atoms with Gasteiger partial charge >= 0.3 is 12.4 Å². The van der Waals surface area contributed by atoms with Gasteiger partial charge in [-0.05, 0) is 39.1 Å². The molecule has 3 nitrogen and oxygen atoms in total. The molecule has 0 aliphatic heterocycles. The fraction of sp³-hybridized carbons (Fsp3) is 0.600. The van der Waals surface area contributed by atoms with Crippen molar-refractivity contribution >= 4 is 5.69 Å². The minimum Gasteiger partial charge on any atom is -0.383 e. The molecule has 0 unspecified atom stereocenters. The maximum atomic E-state index is 13.0. The van der Waals surface area contributed by atoms with E-state index in [0.717, 1.165) is 0 Å². The zero-order valence-corrected chi connectivity index (χ0v) is 13.7. The first-order valence-electron chi connectivity index (χ1n) is 7.08. The minimum absolute atomic E-state index is 0.190. The van der Waals surface area contributed by atoms with E-state index in [9.17, 15) is 31.4 Å². The van der Waals surface area contributed by atoms with E-state index in [1.165, 1.54) is 13.8 Å². The Morgan fingerprint density at radius 3 is 1.71 bits per heavy atom. The summed E-state index contributed by atoms with van der Waals surface area (Å²) in [5.41, 5.74) is -5.31. The first kappa shape index (κ1) is 20.6. The standard InChI is InChI=1S/C15H20F6N2O/c1-9-7-11(13(24,14(16,17)18)15(19,20)21)8-10(2)12(9)22-5-6-23(3)4/h7-8,22,24H,5-6H2,1-4H3. The average Bonchev–Trinajstić information content (AvgIpc) is 2.37. The summed E-state index contributed by atoms with van der Waals surface area (Å²) in [7, 11) is 3.66. The first-order chi connectivity index (χ1) is 10.7. The van der Waals surface area contributed by atoms with Crippen LogP contribution in [0.15, 0.2) is 12.1 Å². The second kappa shape index (κ2) is 6.79. The monoisotopic (exact) mass is 358 g/mol. The molecule has 0 saturated carbocycles. The van der Waals surface area contributed by atoms with E-state index in [1.807, 2.05) is 19.0 Å². The molecule has 0 bridgehead atoms. The molecule has 0 amide bonds. The third-order valence-electron chi connectivity index (χ3n) is 3.63. The van der Waals surface area contributed by atoms with Gasteiger partial charge in [0.2, 0.25) is 0 Å². The normalized spacial score (nSPS) is 13.5. The molecular weight excluding hydrogens is 338 g/mol. The van der Waals surface area contributed by atoms with Gasteiger partial charge in [0.15, 0.2) is 0 Å². The highest BCUT2D eigenvalue weighted by molar-refractivity contribution is 5.59. The number of halogens is 6. The lowest BCUT2D eigenvalue weighted by molar-refractivity contribution is -0.376. The fourth-order valence-electron chi connectivity index (χ4n) is 2.34. The molecule has 0 spiro atoms. The van der Waals surface area contributed by atoms with Crippen LogP contribution < -0.4 is 5.32 Å². The zero-order valence-electron chi connectivity index (χ0n) is 13.7. The molecule has 0 aromatic heterocycles. The molecule has 0 fully saturated rings. The molecule has 0 heterocycles. The zero-order chi connectivity index (χ0) is 18.9. The summed E-state index contributed by atoms with van der Waals surface area (Å²) in [6.45, 7) is 3.88. The number of anilines is 1. The largest absolute Gasteiger partial charge is 0.430 e. The van der Waals surface area contributed by atoms with Crippen LogP contribution in [0.5, 0.6) is 0 Å². The maximum Gasteiger partial charge on any atom is 0.430 e. The van der Waals surface area contributed by atoms with E-state index in [4.69, 9.17) is 0 Å². The third-order valence-corrected chi connectivity index (χ3v) is 3.63. The lowest BCUT2D eigenvalue weighted by atomic mass is 9.89. The summed E-state index contributed by atoms with van der Waals surface area (Å²) in [6, 6.07) is 1.43. The van der Waals surface area contributed by atoms with Gasteiger partial charge in [-0.25, -0.2) is 0 Å². The van der Waals surface area contributed by atoms with Gasteiger partial charge in [0.05, 0.1) is 0 Å². The van der Waals surface area contributed by atoms with E-state index in [2.05, 4.69) is 5.32 Å². The molecule has 1 rings (SSSR count). The molecule has 0 aliphatic carbocycles. The van der Waals surface area contributed by atoms with E-state index >= 15 is 0 Å². The first-order valence-corrected chi connectivity index (χ1v) is 7.08. The number of likely N-dealkylation sites (N-methyl/N-ethyl adjacent to an activating group) is 1. The van der Waals surface area contributed by atoms with Gasteiger partial charge in [0.25, 0.3) is 5.60 Å². The molecular formula is C15H20F6N2O. The number of hydrogen-bond donors (Lipinski definition) is 2. The van der Waals surface area contributed by atoms with Crippen LogP contribution in [0.4, 0.5) is 32.0 Å². The van der Waals surface area contributed by atoms with Crippen molar-refractivity contribution in [3.63, 3.8) is 0 Å². The molecule has 24 heavy (non-hydrogen) atoms. The summed E-state index contributed by atoms with van der Waals surface area (Å²) < 4.78 is 77.7. The number of nitrogens with one attached hydrogen (secondary N) is 1. The molecule has 2 N–H and O–H groups in total. The lowest BCUT2D eigenvalue weighted by Crippen LogP contribution is -2.54. The van der Waals surface area contributed by atoms with Crippen LogP contribution in [0.25, 0.3) is 0 Å². The van der Waals surface area contributed by atoms with Crippen molar-refractivity contribution in [1.29, 1.82) is 0 Å². The predicted octanol–water partition coefficient (Wildman–Crippen LogP) is 3.59. The van der Waals surface area contributed by atoms with Gasteiger partial charge < -0.3 is 15.3 Å². The highest BCUT2D eigenvalue weighted by Gasteiger charge is 2.71. The highest BCUT2D eigenvalue weighted by Crippen LogP contribution is 2.50. The number of aliphatic hydroxyl groups is 1. The SMILES string of the molecule is Cc1cc(C(O)(C(F)(F)F)C(F)(F)F)cc(C)c1NCCN(C)C. The van der Waals surface area contributed by atoms with Crippen LogP contribution in [0.2, 0.25) is 0 Å². The maximum absolute atomic E-state index is 13.0. The Bertz CT molecular complexity index is 543. The van der Waals surface area contributed by atoms with Crippen molar-refractivity contribution in [3.05, 3.63) is 28.8 Å². The topological polar surface area (TPSA) is 35.5 Å². The number of aryl methyl sites for hydroxylation is 2. The smallest absolute Gasteiger partial charge is 0.383 e. The van der Waals surface area contributed by atoms with Gasteiger partial charge in [-0.2, -0.15) is 26.3 Å². The summed E-state index contributed by atoms with van der Waals surface area (Å²) >= 11 is 0. The van der Waals surface area contributed by atoms with Gasteiger partial charge in [-0.1, -0.05) is 12.1 Å². The van der Waals surface area contributed by atoms with Crippen molar-refractivity contribution in [2.24, 2.45) is 0 Å². The van der Waals surface area contributed by atoms with E-state index in [-0.39, 0.29) is 11.1 Å². The van der Waals surface area contributed by atoms with E-state index in [1.54, 1.807) is 0 Å². The number of rotatable bonds is 5. The molecule has 1 aromatic carbocycles. The Labute approximate surface area is 136 Å². The summed E-state index contributed by atoms with van der Waals surface area (Å²) in [6.07, 6.45) is -11.8. The van der Waals surface area contributed by atoms with Crippen LogP contribution >= 0.6 is 0 Å². The minimum atomic E-state index is -5.88. The van der Waals surface area contributed by atoms with Crippen LogP contribution in [0, 0.1) is 13.8 Å². The van der Waals surface area contributed by atoms with Crippen LogP contribution in [-0.4, -0.2) is 49.5 Å². The number of benzene rings is 1. The Morgan fingerprint density at radius 2 is 1.38 bits per heavy atom. The highest BCUT2D eigenvalue weighted by atomic mass is 19.4. The third kappa shape index (κ3) is 3.94. The Morgan fingerprint density at radius 1 is 0.958 bits per heavy atom. The van der Waals surface area contributed by atoms with Crippen molar-refractivity contribution < 1.29 is 31.4 Å². The van der Waals surface area contributed by atoms with Crippen molar-refractivity contribution in [2.45, 2.75) is 31.8 Å². The molecule has 9 heteroatoms. The summed E-state index contributed by atoms with van der Waals surface area (Å²) in [4.78, 5) is 1.87. The Hall–Kier alpha value is -1.48. The van der Waals surface area contributed by atoms with Gasteiger partial charge in [-0.3, -0.25) is 0 Å². The van der Waals surface area contributed by atoms with Crippen LogP contribution in [0.3, 0.4) is 0 Å². The molecule has 0 aliphatic rings. The molecule has 0 saturated heterocycles. The van der Waals surface area contributed by atoms with Gasteiger partial charge in [0.1, 0.15) is 0 Å². The Balaban J connectivity index is 3.31. The second-order valence-corrected chi connectivity index (χ2v) is 5.92. The number of hydrogen-bond acceptors (Lipinski definition) is 3. The lowest BCUT2D eigenvalue weighted by Gasteiger charge is -2.33. The van der Waals surface area contributed by atoms with Crippen LogP contribution in [0.1, 0.15) is 16.7 Å². The van der Waals surface area contributed by atoms with E-state index in [0.29, 0.717) is 30.9 Å². The fourth-order valence-corrected chi connectivity index (χ4v) is 2.34. The van der Waals surface area contributed by atoms with Crippen molar-refractivity contribution in [1.82, 2.24) is 4.90 Å². The average molecular weight is 358 g/mol. The predicted molar refractivity (Wildman–Crippen MR) is 79.0 cm³/mol.